The zero-order valence-electron chi connectivity index (χ0n) is 19.5. The number of rotatable bonds is 4. The minimum absolute atomic E-state index is 0.211. The summed E-state index contributed by atoms with van der Waals surface area (Å²) >= 11 is 0. The number of ether oxygens (including phenoxy) is 1. The van der Waals surface area contributed by atoms with Crippen LogP contribution in [0.5, 0.6) is 5.88 Å². The number of hydrogen-bond donors (Lipinski definition) is 2. The van der Waals surface area contributed by atoms with E-state index in [0.717, 1.165) is 18.8 Å². The molecule has 4 heterocycles. The van der Waals surface area contributed by atoms with Crippen LogP contribution in [0.15, 0.2) is 36.8 Å². The van der Waals surface area contributed by atoms with E-state index in [1.54, 1.807) is 29.8 Å². The number of piperazine rings is 1. The number of benzene rings is 1. The Balaban J connectivity index is 1.54. The zero-order chi connectivity index (χ0) is 24.0. The summed E-state index contributed by atoms with van der Waals surface area (Å²) in [5.74, 6) is -0.559. The molecule has 1 aliphatic rings. The summed E-state index contributed by atoms with van der Waals surface area (Å²) in [4.78, 5) is 28.8. The van der Waals surface area contributed by atoms with Crippen LogP contribution >= 0.6 is 0 Å². The molecule has 0 bridgehead atoms. The Bertz CT molecular complexity index is 1390. The van der Waals surface area contributed by atoms with E-state index >= 15 is 0 Å². The fourth-order valence-electron chi connectivity index (χ4n) is 4.58. The SMILES string of the molecule is COc1cnc2c(C(=O)Nc3cc(F)c4nc(C)cn4c3)ccc(N3C[C@H](C)N[C@@H](C)C3)c2n1. The maximum atomic E-state index is 14.5. The average Bonchev–Trinajstić information content (AvgIpc) is 3.18. The van der Waals surface area contributed by atoms with E-state index in [1.807, 2.05) is 6.07 Å². The number of amides is 1. The van der Waals surface area contributed by atoms with Gasteiger partial charge in [-0.2, -0.15) is 0 Å². The zero-order valence-corrected chi connectivity index (χ0v) is 19.5. The highest BCUT2D eigenvalue weighted by Crippen LogP contribution is 2.30. The summed E-state index contributed by atoms with van der Waals surface area (Å²) in [6.45, 7) is 7.65. The fourth-order valence-corrected chi connectivity index (χ4v) is 4.58. The van der Waals surface area contributed by atoms with Crippen molar-refractivity contribution < 1.29 is 13.9 Å². The van der Waals surface area contributed by atoms with E-state index in [-0.39, 0.29) is 5.65 Å². The number of fused-ring (bicyclic) bond motifs is 2. The summed E-state index contributed by atoms with van der Waals surface area (Å²) in [5, 5.41) is 6.31. The first kappa shape index (κ1) is 22.0. The van der Waals surface area contributed by atoms with Crippen LogP contribution in [0.4, 0.5) is 15.8 Å². The molecule has 0 saturated carbocycles. The summed E-state index contributed by atoms with van der Waals surface area (Å²) in [5.41, 5.74) is 3.48. The van der Waals surface area contributed by atoms with Gasteiger partial charge < -0.3 is 24.7 Å². The fraction of sp³-hybridized carbons (Fsp3) is 0.333. The Hall–Kier alpha value is -3.79. The molecule has 1 aliphatic heterocycles. The third-order valence-corrected chi connectivity index (χ3v) is 5.89. The molecule has 1 aromatic carbocycles. The van der Waals surface area contributed by atoms with Crippen LogP contribution in [-0.2, 0) is 0 Å². The molecule has 0 spiro atoms. The Kier molecular flexibility index (Phi) is 5.52. The summed E-state index contributed by atoms with van der Waals surface area (Å²) in [7, 11) is 1.53. The van der Waals surface area contributed by atoms with Gasteiger partial charge in [0.1, 0.15) is 11.0 Å². The summed E-state index contributed by atoms with van der Waals surface area (Å²) < 4.78 is 21.3. The first-order chi connectivity index (χ1) is 16.3. The Morgan fingerprint density at radius 3 is 2.68 bits per heavy atom. The standard InChI is InChI=1S/C24H26FN7O2/c1-13-9-31(10-14(2)27-13)19-6-5-17(21-22(19)30-20(34-4)8-26-21)24(33)29-16-7-18(25)23-28-15(3)11-32(23)12-16/h5-8,11-14,27H,9-10H2,1-4H3,(H,29,33)/t13-,14-/m0/s1. The monoisotopic (exact) mass is 463 g/mol. The number of nitrogens with one attached hydrogen (secondary N) is 2. The normalized spacial score (nSPS) is 18.4. The second-order valence-corrected chi connectivity index (χ2v) is 8.76. The van der Waals surface area contributed by atoms with Crippen molar-refractivity contribution in [3.8, 4) is 5.88 Å². The number of aryl methyl sites for hydroxylation is 1. The molecular formula is C24H26FN7O2. The van der Waals surface area contributed by atoms with E-state index in [4.69, 9.17) is 4.74 Å². The smallest absolute Gasteiger partial charge is 0.257 e. The number of aromatic nitrogens is 4. The molecule has 2 N–H and O–H groups in total. The van der Waals surface area contributed by atoms with Crippen LogP contribution in [0.25, 0.3) is 16.7 Å². The molecule has 9 nitrogen and oxygen atoms in total. The molecule has 4 aromatic rings. The van der Waals surface area contributed by atoms with Crippen molar-refractivity contribution in [2.45, 2.75) is 32.9 Å². The number of methoxy groups -OCH3 is 1. The van der Waals surface area contributed by atoms with E-state index < -0.39 is 11.7 Å². The second-order valence-electron chi connectivity index (χ2n) is 8.76. The highest BCUT2D eigenvalue weighted by atomic mass is 19.1. The molecule has 1 saturated heterocycles. The molecule has 1 amide bonds. The van der Waals surface area contributed by atoms with Gasteiger partial charge in [0.05, 0.1) is 35.9 Å². The first-order valence-corrected chi connectivity index (χ1v) is 11.1. The van der Waals surface area contributed by atoms with E-state index in [9.17, 15) is 9.18 Å². The number of pyridine rings is 1. The number of anilines is 2. The minimum atomic E-state index is -0.516. The molecule has 34 heavy (non-hydrogen) atoms. The van der Waals surface area contributed by atoms with Gasteiger partial charge in [0, 0.05) is 43.6 Å². The first-order valence-electron chi connectivity index (χ1n) is 11.1. The molecule has 5 rings (SSSR count). The highest BCUT2D eigenvalue weighted by molar-refractivity contribution is 6.13. The maximum absolute atomic E-state index is 14.5. The quantitative estimate of drug-likeness (QED) is 0.480. The maximum Gasteiger partial charge on any atom is 0.257 e. The second kappa shape index (κ2) is 8.53. The lowest BCUT2D eigenvalue weighted by Crippen LogP contribution is -2.54. The van der Waals surface area contributed by atoms with Crippen molar-refractivity contribution in [3.05, 3.63) is 53.9 Å². The number of imidazole rings is 1. The number of nitrogens with zero attached hydrogens (tertiary/aromatic N) is 5. The molecule has 0 radical (unpaired) electrons. The molecule has 10 heteroatoms. The summed E-state index contributed by atoms with van der Waals surface area (Å²) in [6.07, 6.45) is 4.82. The van der Waals surface area contributed by atoms with Crippen molar-refractivity contribution in [1.82, 2.24) is 24.7 Å². The summed E-state index contributed by atoms with van der Waals surface area (Å²) in [6, 6.07) is 5.49. The third kappa shape index (κ3) is 4.01. The van der Waals surface area contributed by atoms with Gasteiger partial charge in [-0.05, 0) is 32.9 Å². The van der Waals surface area contributed by atoms with Crippen molar-refractivity contribution in [2.24, 2.45) is 0 Å². The minimum Gasteiger partial charge on any atom is -0.480 e. The van der Waals surface area contributed by atoms with Gasteiger partial charge in [-0.3, -0.25) is 4.79 Å². The van der Waals surface area contributed by atoms with Gasteiger partial charge in [-0.25, -0.2) is 19.3 Å². The molecule has 176 valence electrons. The molecule has 0 unspecified atom stereocenters. The van der Waals surface area contributed by atoms with Crippen molar-refractivity contribution in [3.63, 3.8) is 0 Å². The third-order valence-electron chi connectivity index (χ3n) is 5.89. The topological polar surface area (TPSA) is 96.7 Å². The van der Waals surface area contributed by atoms with Gasteiger partial charge in [0.15, 0.2) is 11.5 Å². The molecule has 0 aliphatic carbocycles. The van der Waals surface area contributed by atoms with Crippen molar-refractivity contribution in [1.29, 1.82) is 0 Å². The van der Waals surface area contributed by atoms with E-state index in [1.165, 1.54) is 19.4 Å². The van der Waals surface area contributed by atoms with Crippen LogP contribution in [-0.4, -0.2) is 57.5 Å². The van der Waals surface area contributed by atoms with Crippen LogP contribution in [0.3, 0.4) is 0 Å². The lowest BCUT2D eigenvalue weighted by atomic mass is 10.1. The molecule has 1 fully saturated rings. The van der Waals surface area contributed by atoms with Gasteiger partial charge in [0.25, 0.3) is 5.91 Å². The predicted octanol–water partition coefficient (Wildman–Crippen LogP) is 3.17. The largest absolute Gasteiger partial charge is 0.480 e. The Labute approximate surface area is 196 Å². The molecule has 3 aromatic heterocycles. The van der Waals surface area contributed by atoms with Gasteiger partial charge >= 0.3 is 0 Å². The number of halogens is 1. The van der Waals surface area contributed by atoms with Crippen LogP contribution < -0.4 is 20.3 Å². The lowest BCUT2D eigenvalue weighted by Gasteiger charge is -2.38. The van der Waals surface area contributed by atoms with E-state index in [2.05, 4.69) is 44.3 Å². The van der Waals surface area contributed by atoms with Gasteiger partial charge in [0.2, 0.25) is 5.88 Å². The number of carbonyl (C=O) groups excluding carboxylic acids is 1. The highest BCUT2D eigenvalue weighted by Gasteiger charge is 2.25. The number of hydrogen-bond acceptors (Lipinski definition) is 7. The number of carbonyl (C=O) groups is 1. The lowest BCUT2D eigenvalue weighted by molar-refractivity contribution is 0.102. The Morgan fingerprint density at radius 2 is 1.94 bits per heavy atom. The van der Waals surface area contributed by atoms with Crippen molar-refractivity contribution >= 4 is 34.0 Å². The molecule has 2 atom stereocenters. The van der Waals surface area contributed by atoms with Crippen LogP contribution in [0, 0.1) is 12.7 Å². The van der Waals surface area contributed by atoms with Crippen LogP contribution in [0.1, 0.15) is 29.9 Å². The van der Waals surface area contributed by atoms with Gasteiger partial charge in [-0.1, -0.05) is 0 Å². The van der Waals surface area contributed by atoms with Crippen LogP contribution in [0.2, 0.25) is 0 Å². The Morgan fingerprint density at radius 1 is 1.18 bits per heavy atom. The average molecular weight is 464 g/mol. The molecular weight excluding hydrogens is 437 g/mol. The van der Waals surface area contributed by atoms with E-state index in [0.29, 0.717) is 45.9 Å². The predicted molar refractivity (Wildman–Crippen MR) is 128 cm³/mol. The van der Waals surface area contributed by atoms with Gasteiger partial charge in [-0.15, -0.1) is 0 Å². The van der Waals surface area contributed by atoms with Crippen molar-refractivity contribution in [2.75, 3.05) is 30.4 Å².